The van der Waals surface area contributed by atoms with E-state index in [9.17, 15) is 0 Å². The summed E-state index contributed by atoms with van der Waals surface area (Å²) in [6, 6.07) is 8.38. The van der Waals surface area contributed by atoms with Crippen molar-refractivity contribution in [2.24, 2.45) is 0 Å². The number of allylic oxidation sites excluding steroid dienone is 2. The van der Waals surface area contributed by atoms with Gasteiger partial charge in [0.1, 0.15) is 0 Å². The molecule has 0 fully saturated rings. The van der Waals surface area contributed by atoms with Crippen molar-refractivity contribution in [3.05, 3.63) is 48.8 Å². The predicted molar refractivity (Wildman–Crippen MR) is 57.5 cm³/mol. The Morgan fingerprint density at radius 1 is 1.21 bits per heavy atom. The average molecular weight is 250 g/mol. The summed E-state index contributed by atoms with van der Waals surface area (Å²) in [5.41, 5.74) is 1.20. The van der Waals surface area contributed by atoms with Crippen LogP contribution in [0.1, 0.15) is 0 Å². The summed E-state index contributed by atoms with van der Waals surface area (Å²) >= 11 is 0.296. The predicted octanol–water partition coefficient (Wildman–Crippen LogP) is 1.20. The molecule has 0 amide bonds. The standard InChI is InChI=1S/C11H9NOSe/c1-2-6-10-9(5-1)12-11(14-10)7-3-4-8-13-11/h1-8,12H. The Morgan fingerprint density at radius 2 is 2.14 bits per heavy atom. The third kappa shape index (κ3) is 1.17. The summed E-state index contributed by atoms with van der Waals surface area (Å²) in [5, 5.41) is 3.42. The van der Waals surface area contributed by atoms with E-state index >= 15 is 0 Å². The Balaban J connectivity index is 1.98. The average Bonchev–Trinajstić information content (AvgIpc) is 2.56. The molecule has 1 atom stereocenters. The SMILES string of the molecule is C1=COC2(C=C1)Nc1ccccc1[Se]2. The van der Waals surface area contributed by atoms with Crippen molar-refractivity contribution < 1.29 is 4.74 Å². The second-order valence-corrected chi connectivity index (χ2v) is 5.82. The number of fused-ring (bicyclic) bond motifs is 1. The number of hydrogen-bond donors (Lipinski definition) is 1. The van der Waals surface area contributed by atoms with Gasteiger partial charge in [-0.2, -0.15) is 0 Å². The van der Waals surface area contributed by atoms with Crippen LogP contribution in [0.3, 0.4) is 0 Å². The molecule has 14 heavy (non-hydrogen) atoms. The maximum atomic E-state index is 5.66. The van der Waals surface area contributed by atoms with Gasteiger partial charge in [-0.25, -0.2) is 0 Å². The fourth-order valence-corrected chi connectivity index (χ4v) is 3.91. The Labute approximate surface area is 88.8 Å². The van der Waals surface area contributed by atoms with Gasteiger partial charge < -0.3 is 0 Å². The number of nitrogens with one attached hydrogen (secondary N) is 1. The zero-order valence-electron chi connectivity index (χ0n) is 7.44. The topological polar surface area (TPSA) is 21.3 Å². The van der Waals surface area contributed by atoms with Gasteiger partial charge in [-0.05, 0) is 0 Å². The summed E-state index contributed by atoms with van der Waals surface area (Å²) < 4.78 is 6.76. The van der Waals surface area contributed by atoms with Crippen molar-refractivity contribution in [1.29, 1.82) is 0 Å². The van der Waals surface area contributed by atoms with Crippen molar-refractivity contribution in [2.45, 2.75) is 4.62 Å². The number of ether oxygens (including phenoxy) is 1. The van der Waals surface area contributed by atoms with E-state index in [1.54, 1.807) is 6.26 Å². The quantitative estimate of drug-likeness (QED) is 0.698. The van der Waals surface area contributed by atoms with Crippen LogP contribution in [-0.4, -0.2) is 19.6 Å². The zero-order chi connectivity index (χ0) is 9.43. The molecule has 3 rings (SSSR count). The van der Waals surface area contributed by atoms with Crippen molar-refractivity contribution >= 4 is 25.1 Å². The molecular formula is C11H9NOSe. The summed E-state index contributed by atoms with van der Waals surface area (Å²) in [4.78, 5) is 0. The van der Waals surface area contributed by atoms with Crippen molar-refractivity contribution in [1.82, 2.24) is 0 Å². The third-order valence-corrected chi connectivity index (χ3v) is 4.75. The summed E-state index contributed by atoms with van der Waals surface area (Å²) in [6.07, 6.45) is 7.78. The maximum absolute atomic E-state index is 5.66. The molecule has 0 radical (unpaired) electrons. The van der Waals surface area contributed by atoms with Crippen LogP contribution in [0, 0.1) is 0 Å². The van der Waals surface area contributed by atoms with Crippen LogP contribution in [0.15, 0.2) is 48.8 Å². The van der Waals surface area contributed by atoms with E-state index in [1.807, 2.05) is 18.2 Å². The van der Waals surface area contributed by atoms with Crippen LogP contribution in [0.2, 0.25) is 0 Å². The van der Waals surface area contributed by atoms with Crippen molar-refractivity contribution in [2.75, 3.05) is 5.32 Å². The van der Waals surface area contributed by atoms with Crippen LogP contribution >= 0.6 is 0 Å². The van der Waals surface area contributed by atoms with E-state index in [0.29, 0.717) is 15.0 Å². The van der Waals surface area contributed by atoms with Crippen LogP contribution in [0.5, 0.6) is 0 Å². The first kappa shape index (κ1) is 8.15. The first-order valence-electron chi connectivity index (χ1n) is 4.46. The molecule has 1 aromatic rings. The first-order chi connectivity index (χ1) is 6.88. The molecule has 2 aliphatic heterocycles. The fourth-order valence-electron chi connectivity index (χ4n) is 1.57. The fraction of sp³-hybridized carbons (Fsp3) is 0.0909. The van der Waals surface area contributed by atoms with Gasteiger partial charge >= 0.3 is 88.5 Å². The van der Waals surface area contributed by atoms with E-state index in [-0.39, 0.29) is 4.62 Å². The van der Waals surface area contributed by atoms with Gasteiger partial charge in [0.25, 0.3) is 0 Å². The number of anilines is 1. The van der Waals surface area contributed by atoms with E-state index < -0.39 is 0 Å². The molecule has 3 heteroatoms. The van der Waals surface area contributed by atoms with Gasteiger partial charge in [0.15, 0.2) is 0 Å². The second kappa shape index (κ2) is 2.91. The van der Waals surface area contributed by atoms with Crippen LogP contribution < -0.4 is 9.78 Å². The Kier molecular flexibility index (Phi) is 1.69. The van der Waals surface area contributed by atoms with Gasteiger partial charge in [0.2, 0.25) is 0 Å². The molecule has 2 aliphatic rings. The van der Waals surface area contributed by atoms with Crippen molar-refractivity contribution in [3.8, 4) is 0 Å². The minimum atomic E-state index is -0.272. The molecule has 0 aromatic heterocycles. The van der Waals surface area contributed by atoms with Gasteiger partial charge in [0, 0.05) is 0 Å². The second-order valence-electron chi connectivity index (χ2n) is 3.20. The molecule has 0 saturated heterocycles. The number of rotatable bonds is 0. The van der Waals surface area contributed by atoms with Gasteiger partial charge in [-0.3, -0.25) is 0 Å². The van der Waals surface area contributed by atoms with E-state index in [1.165, 1.54) is 10.1 Å². The zero-order valence-corrected chi connectivity index (χ0v) is 9.15. The number of benzene rings is 1. The molecule has 70 valence electrons. The van der Waals surface area contributed by atoms with E-state index in [4.69, 9.17) is 4.74 Å². The Hall–Kier alpha value is -1.18. The molecule has 1 N–H and O–H groups in total. The number of hydrogen-bond acceptors (Lipinski definition) is 2. The molecule has 1 unspecified atom stereocenters. The number of para-hydroxylation sites is 1. The molecule has 0 aliphatic carbocycles. The molecule has 2 nitrogen and oxygen atoms in total. The Morgan fingerprint density at radius 3 is 2.93 bits per heavy atom. The summed E-state index contributed by atoms with van der Waals surface area (Å²) in [5.74, 6) is 0. The van der Waals surface area contributed by atoms with Gasteiger partial charge in [-0.1, -0.05) is 0 Å². The normalized spacial score (nSPS) is 27.1. The van der Waals surface area contributed by atoms with Crippen LogP contribution in [-0.2, 0) is 4.74 Å². The van der Waals surface area contributed by atoms with E-state index in [2.05, 4.69) is 29.6 Å². The molecular weight excluding hydrogens is 241 g/mol. The van der Waals surface area contributed by atoms with Crippen molar-refractivity contribution in [3.63, 3.8) is 0 Å². The molecule has 1 aromatic carbocycles. The third-order valence-electron chi connectivity index (χ3n) is 2.21. The minimum absolute atomic E-state index is 0.272. The van der Waals surface area contributed by atoms with Gasteiger partial charge in [0.05, 0.1) is 0 Å². The van der Waals surface area contributed by atoms with Crippen LogP contribution in [0.25, 0.3) is 0 Å². The Bertz CT molecular complexity index is 400. The van der Waals surface area contributed by atoms with E-state index in [0.717, 1.165) is 0 Å². The monoisotopic (exact) mass is 251 g/mol. The molecule has 2 heterocycles. The van der Waals surface area contributed by atoms with Crippen LogP contribution in [0.4, 0.5) is 5.69 Å². The molecule has 0 saturated carbocycles. The first-order valence-corrected chi connectivity index (χ1v) is 6.18. The van der Waals surface area contributed by atoms with Gasteiger partial charge in [-0.15, -0.1) is 0 Å². The summed E-state index contributed by atoms with van der Waals surface area (Å²) in [6.45, 7) is 0. The molecule has 1 spiro atoms. The summed E-state index contributed by atoms with van der Waals surface area (Å²) in [7, 11) is 0. The molecule has 0 bridgehead atoms.